The predicted octanol–water partition coefficient (Wildman–Crippen LogP) is 3.17. The number of aliphatic imine (C=N–C) groups is 1. The molecule has 0 bridgehead atoms. The van der Waals surface area contributed by atoms with Gasteiger partial charge in [-0.1, -0.05) is 12.8 Å². The van der Waals surface area contributed by atoms with E-state index < -0.39 is 12.0 Å². The van der Waals surface area contributed by atoms with E-state index in [0.717, 1.165) is 51.0 Å². The van der Waals surface area contributed by atoms with Crippen molar-refractivity contribution in [3.63, 3.8) is 0 Å². The highest BCUT2D eigenvalue weighted by Crippen LogP contribution is 2.12. The third-order valence-corrected chi connectivity index (χ3v) is 4.57. The molecule has 0 aromatic carbocycles. The predicted molar refractivity (Wildman–Crippen MR) is 109 cm³/mol. The zero-order chi connectivity index (χ0) is 21.0. The maximum Gasteiger partial charge on any atom is 0.306 e. The number of likely N-dealkylation sites (tertiary alicyclic amines) is 1. The third-order valence-electron chi connectivity index (χ3n) is 4.57. The monoisotopic (exact) mass is 404 g/mol. The number of alkyl halides is 2. The summed E-state index contributed by atoms with van der Waals surface area (Å²) in [6.07, 6.45) is 3.78. The number of esters is 1. The number of carbonyl (C=O) groups excluding carboxylic acids is 1. The van der Waals surface area contributed by atoms with Gasteiger partial charge in [-0.25, -0.2) is 8.78 Å². The number of unbranched alkanes of at least 4 members (excludes halogenated alkanes) is 3. The van der Waals surface area contributed by atoms with E-state index in [1.807, 2.05) is 25.7 Å². The van der Waals surface area contributed by atoms with Crippen LogP contribution in [0.2, 0.25) is 0 Å². The lowest BCUT2D eigenvalue weighted by Gasteiger charge is -2.32. The first-order valence-electron chi connectivity index (χ1n) is 10.4. The Hall–Kier alpha value is -1.44. The molecule has 1 fully saturated rings. The van der Waals surface area contributed by atoms with Crippen LogP contribution in [0.15, 0.2) is 4.99 Å². The summed E-state index contributed by atoms with van der Waals surface area (Å²) in [7, 11) is 1.74. The highest BCUT2D eigenvalue weighted by atomic mass is 19.3. The van der Waals surface area contributed by atoms with Crippen molar-refractivity contribution in [1.82, 2.24) is 15.5 Å². The van der Waals surface area contributed by atoms with E-state index in [1.54, 1.807) is 7.05 Å². The summed E-state index contributed by atoms with van der Waals surface area (Å²) in [4.78, 5) is 17.7. The number of nitrogens with one attached hydrogen (secondary N) is 2. The fraction of sp³-hybridized carbons (Fsp3) is 0.900. The van der Waals surface area contributed by atoms with E-state index in [2.05, 4.69) is 15.6 Å². The molecule has 0 radical (unpaired) electrons. The molecular formula is C20H38F2N4O2. The maximum absolute atomic E-state index is 12.4. The molecule has 0 spiro atoms. The van der Waals surface area contributed by atoms with Crippen LogP contribution in [0.1, 0.15) is 65.7 Å². The molecule has 28 heavy (non-hydrogen) atoms. The summed E-state index contributed by atoms with van der Waals surface area (Å²) < 4.78 is 30.1. The standard InChI is InChI=1S/C20H38F2N4O2/c1-20(2,3)28-18(27)9-7-5-6-8-12-24-19(23-4)25-16-10-13-26(14-11-16)15-17(21)22/h16-17H,5-15H2,1-4H3,(H2,23,24,25). The van der Waals surface area contributed by atoms with Gasteiger partial charge in [0.05, 0.1) is 6.54 Å². The number of rotatable bonds is 10. The number of piperidine rings is 1. The number of ether oxygens (including phenoxy) is 1. The smallest absolute Gasteiger partial charge is 0.306 e. The fourth-order valence-electron chi connectivity index (χ4n) is 3.19. The molecule has 0 unspecified atom stereocenters. The molecule has 1 aliphatic heterocycles. The second-order valence-electron chi connectivity index (χ2n) is 8.36. The first-order chi connectivity index (χ1) is 13.2. The average molecular weight is 405 g/mol. The second kappa shape index (κ2) is 12.9. The van der Waals surface area contributed by atoms with Gasteiger partial charge in [0, 0.05) is 39.1 Å². The van der Waals surface area contributed by atoms with Crippen molar-refractivity contribution < 1.29 is 18.3 Å². The summed E-state index contributed by atoms with van der Waals surface area (Å²) >= 11 is 0. The summed E-state index contributed by atoms with van der Waals surface area (Å²) in [6, 6.07) is 0.272. The normalized spacial score (nSPS) is 17.0. The van der Waals surface area contributed by atoms with Crippen LogP contribution < -0.4 is 10.6 Å². The van der Waals surface area contributed by atoms with Gasteiger partial charge in [-0.05, 0) is 46.5 Å². The average Bonchev–Trinajstić information content (AvgIpc) is 2.59. The largest absolute Gasteiger partial charge is 0.460 e. The molecule has 164 valence electrons. The molecule has 0 aromatic heterocycles. The van der Waals surface area contributed by atoms with Crippen LogP contribution in [-0.4, -0.2) is 68.1 Å². The van der Waals surface area contributed by atoms with E-state index in [0.29, 0.717) is 19.5 Å². The van der Waals surface area contributed by atoms with Gasteiger partial charge in [0.2, 0.25) is 0 Å². The van der Waals surface area contributed by atoms with Crippen molar-refractivity contribution in [1.29, 1.82) is 0 Å². The van der Waals surface area contributed by atoms with Crippen molar-refractivity contribution in [3.8, 4) is 0 Å². The minimum atomic E-state index is -2.26. The summed E-state index contributed by atoms with van der Waals surface area (Å²) in [5.74, 6) is 0.635. The van der Waals surface area contributed by atoms with Crippen LogP contribution in [0, 0.1) is 0 Å². The van der Waals surface area contributed by atoms with Gasteiger partial charge in [-0.2, -0.15) is 0 Å². The Labute approximate surface area is 168 Å². The molecule has 6 nitrogen and oxygen atoms in total. The molecular weight excluding hydrogens is 366 g/mol. The minimum absolute atomic E-state index is 0.130. The van der Waals surface area contributed by atoms with E-state index in [-0.39, 0.29) is 18.6 Å². The maximum atomic E-state index is 12.4. The molecule has 0 saturated carbocycles. The highest BCUT2D eigenvalue weighted by Gasteiger charge is 2.21. The summed E-state index contributed by atoms with van der Waals surface area (Å²) in [5, 5.41) is 6.69. The molecule has 2 N–H and O–H groups in total. The Bertz CT molecular complexity index is 473. The van der Waals surface area contributed by atoms with E-state index >= 15 is 0 Å². The van der Waals surface area contributed by atoms with Crippen molar-refractivity contribution in [3.05, 3.63) is 0 Å². The van der Waals surface area contributed by atoms with E-state index in [9.17, 15) is 13.6 Å². The van der Waals surface area contributed by atoms with Crippen LogP contribution in [-0.2, 0) is 9.53 Å². The Morgan fingerprint density at radius 1 is 1.18 bits per heavy atom. The van der Waals surface area contributed by atoms with Crippen molar-refractivity contribution >= 4 is 11.9 Å². The number of carbonyl (C=O) groups is 1. The zero-order valence-electron chi connectivity index (χ0n) is 17.9. The lowest BCUT2D eigenvalue weighted by atomic mass is 10.1. The van der Waals surface area contributed by atoms with Crippen molar-refractivity contribution in [2.24, 2.45) is 4.99 Å². The van der Waals surface area contributed by atoms with Gasteiger partial charge in [0.1, 0.15) is 5.60 Å². The lowest BCUT2D eigenvalue weighted by Crippen LogP contribution is -2.49. The Morgan fingerprint density at radius 3 is 2.39 bits per heavy atom. The number of hydrogen-bond donors (Lipinski definition) is 2. The zero-order valence-corrected chi connectivity index (χ0v) is 17.9. The molecule has 1 rings (SSSR count). The van der Waals surface area contributed by atoms with Crippen LogP contribution in [0.4, 0.5) is 8.78 Å². The Balaban J connectivity index is 2.07. The van der Waals surface area contributed by atoms with E-state index in [4.69, 9.17) is 4.74 Å². The van der Waals surface area contributed by atoms with Crippen molar-refractivity contribution in [2.75, 3.05) is 33.2 Å². The summed E-state index contributed by atoms with van der Waals surface area (Å²) in [5.41, 5.74) is -0.413. The van der Waals surface area contributed by atoms with Gasteiger partial charge in [0.15, 0.2) is 5.96 Å². The van der Waals surface area contributed by atoms with Gasteiger partial charge in [0.25, 0.3) is 6.43 Å². The number of halogens is 2. The van der Waals surface area contributed by atoms with Crippen LogP contribution >= 0.6 is 0 Å². The van der Waals surface area contributed by atoms with Gasteiger partial charge < -0.3 is 15.4 Å². The van der Waals surface area contributed by atoms with Crippen LogP contribution in [0.3, 0.4) is 0 Å². The molecule has 1 aliphatic rings. The Morgan fingerprint density at radius 2 is 1.82 bits per heavy atom. The van der Waals surface area contributed by atoms with E-state index in [1.165, 1.54) is 0 Å². The molecule has 1 heterocycles. The molecule has 0 amide bonds. The molecule has 0 aliphatic carbocycles. The number of guanidine groups is 1. The molecule has 0 aromatic rings. The lowest BCUT2D eigenvalue weighted by molar-refractivity contribution is -0.154. The molecule has 0 atom stereocenters. The van der Waals surface area contributed by atoms with Gasteiger partial charge in [-0.15, -0.1) is 0 Å². The first kappa shape index (κ1) is 24.6. The number of nitrogens with zero attached hydrogens (tertiary/aromatic N) is 2. The topological polar surface area (TPSA) is 66.0 Å². The highest BCUT2D eigenvalue weighted by molar-refractivity contribution is 5.79. The first-order valence-corrected chi connectivity index (χ1v) is 10.4. The number of hydrogen-bond acceptors (Lipinski definition) is 4. The second-order valence-corrected chi connectivity index (χ2v) is 8.36. The molecule has 8 heteroatoms. The van der Waals surface area contributed by atoms with Crippen LogP contribution in [0.25, 0.3) is 0 Å². The minimum Gasteiger partial charge on any atom is -0.460 e. The summed E-state index contributed by atoms with van der Waals surface area (Å²) in [6.45, 7) is 7.70. The van der Waals surface area contributed by atoms with Crippen LogP contribution in [0.5, 0.6) is 0 Å². The van der Waals surface area contributed by atoms with Gasteiger partial charge in [-0.3, -0.25) is 14.7 Å². The SMILES string of the molecule is CN=C(NCCCCCCC(=O)OC(C)(C)C)NC1CCN(CC(F)F)CC1. The quantitative estimate of drug-likeness (QED) is 0.253. The fourth-order valence-corrected chi connectivity index (χ4v) is 3.19. The molecule has 1 saturated heterocycles. The third kappa shape index (κ3) is 12.1. The van der Waals surface area contributed by atoms with Gasteiger partial charge >= 0.3 is 5.97 Å². The Kier molecular flexibility index (Phi) is 11.3. The van der Waals surface area contributed by atoms with Crippen molar-refractivity contribution in [2.45, 2.75) is 83.8 Å².